The van der Waals surface area contributed by atoms with Crippen LogP contribution in [0, 0.1) is 0 Å². The van der Waals surface area contributed by atoms with Crippen LogP contribution in [0.15, 0.2) is 0 Å². The molecule has 0 radical (unpaired) electrons. The lowest BCUT2D eigenvalue weighted by Crippen LogP contribution is -2.45. The van der Waals surface area contributed by atoms with E-state index in [9.17, 15) is 5.11 Å². The van der Waals surface area contributed by atoms with Crippen molar-refractivity contribution in [3.05, 3.63) is 0 Å². The Morgan fingerprint density at radius 2 is 2.00 bits per heavy atom. The topological polar surface area (TPSA) is 50.7 Å². The van der Waals surface area contributed by atoms with Crippen molar-refractivity contribution in [2.24, 2.45) is 0 Å². The fourth-order valence-corrected chi connectivity index (χ4v) is 1.60. The highest BCUT2D eigenvalue weighted by Crippen LogP contribution is 2.17. The molecule has 0 spiro atoms. The summed E-state index contributed by atoms with van der Waals surface area (Å²) < 4.78 is 10.3. The van der Waals surface area contributed by atoms with E-state index in [0.717, 1.165) is 39.0 Å². The summed E-state index contributed by atoms with van der Waals surface area (Å²) in [6.07, 6.45) is 2.47. The van der Waals surface area contributed by atoms with E-state index in [2.05, 4.69) is 5.32 Å². The predicted molar refractivity (Wildman–Crippen MR) is 54.4 cm³/mol. The summed E-state index contributed by atoms with van der Waals surface area (Å²) >= 11 is 0. The number of rotatable bonds is 6. The van der Waals surface area contributed by atoms with Crippen LogP contribution in [0.1, 0.15) is 19.3 Å². The number of hydrogen-bond donors (Lipinski definition) is 2. The van der Waals surface area contributed by atoms with E-state index in [1.54, 1.807) is 7.11 Å². The van der Waals surface area contributed by atoms with Crippen molar-refractivity contribution in [3.8, 4) is 0 Å². The summed E-state index contributed by atoms with van der Waals surface area (Å²) in [4.78, 5) is 0. The van der Waals surface area contributed by atoms with Gasteiger partial charge in [0.15, 0.2) is 0 Å². The van der Waals surface area contributed by atoms with Crippen molar-refractivity contribution in [2.75, 3.05) is 40.0 Å². The maximum atomic E-state index is 10.0. The molecule has 0 unspecified atom stereocenters. The van der Waals surface area contributed by atoms with Crippen LogP contribution in [0.5, 0.6) is 0 Å². The lowest BCUT2D eigenvalue weighted by atomic mass is 9.94. The van der Waals surface area contributed by atoms with E-state index in [4.69, 9.17) is 9.47 Å². The molecule has 0 saturated carbocycles. The minimum Gasteiger partial charge on any atom is -0.387 e. The fourth-order valence-electron chi connectivity index (χ4n) is 1.60. The molecule has 1 aliphatic heterocycles. The van der Waals surface area contributed by atoms with Crippen LogP contribution in [0.2, 0.25) is 0 Å². The molecule has 0 aromatic rings. The Kier molecular flexibility index (Phi) is 5.40. The minimum atomic E-state index is -0.599. The zero-order valence-electron chi connectivity index (χ0n) is 8.92. The van der Waals surface area contributed by atoms with Crippen molar-refractivity contribution in [1.29, 1.82) is 0 Å². The molecule has 0 aliphatic carbocycles. The number of hydrogen-bond acceptors (Lipinski definition) is 4. The van der Waals surface area contributed by atoms with Crippen LogP contribution in [0.25, 0.3) is 0 Å². The fraction of sp³-hybridized carbons (Fsp3) is 1.00. The van der Waals surface area contributed by atoms with E-state index < -0.39 is 5.60 Å². The summed E-state index contributed by atoms with van der Waals surface area (Å²) in [6.45, 7) is 3.62. The zero-order chi connectivity index (χ0) is 10.3. The Balaban J connectivity index is 2.03. The predicted octanol–water partition coefficient (Wildman–Crippen LogP) is 0.154. The first-order chi connectivity index (χ1) is 6.77. The molecule has 0 aromatic carbocycles. The SMILES string of the molecule is COCCCOCC1(O)CCNCC1. The monoisotopic (exact) mass is 203 g/mol. The normalized spacial score (nSPS) is 21.0. The molecule has 2 N–H and O–H groups in total. The van der Waals surface area contributed by atoms with Gasteiger partial charge in [0.25, 0.3) is 0 Å². The molecule has 0 aromatic heterocycles. The third-order valence-electron chi connectivity index (χ3n) is 2.54. The highest BCUT2D eigenvalue weighted by atomic mass is 16.5. The average Bonchev–Trinajstić information content (AvgIpc) is 2.18. The lowest BCUT2D eigenvalue weighted by Gasteiger charge is -2.32. The Bertz CT molecular complexity index is 146. The van der Waals surface area contributed by atoms with E-state index in [1.165, 1.54) is 0 Å². The van der Waals surface area contributed by atoms with Crippen LogP contribution in [0.4, 0.5) is 0 Å². The summed E-state index contributed by atoms with van der Waals surface area (Å²) in [5.74, 6) is 0. The van der Waals surface area contributed by atoms with Gasteiger partial charge in [-0.05, 0) is 32.4 Å². The second-order valence-electron chi connectivity index (χ2n) is 3.87. The van der Waals surface area contributed by atoms with E-state index in [-0.39, 0.29) is 0 Å². The van der Waals surface area contributed by atoms with Crippen molar-refractivity contribution in [1.82, 2.24) is 5.32 Å². The van der Waals surface area contributed by atoms with Crippen LogP contribution in [-0.4, -0.2) is 50.7 Å². The zero-order valence-corrected chi connectivity index (χ0v) is 8.92. The molecule has 84 valence electrons. The third-order valence-corrected chi connectivity index (χ3v) is 2.54. The maximum absolute atomic E-state index is 10.0. The second-order valence-corrected chi connectivity index (χ2v) is 3.87. The highest BCUT2D eigenvalue weighted by Gasteiger charge is 2.28. The minimum absolute atomic E-state index is 0.457. The molecule has 4 nitrogen and oxygen atoms in total. The number of piperidine rings is 1. The summed E-state index contributed by atoms with van der Waals surface area (Å²) in [6, 6.07) is 0. The number of methoxy groups -OCH3 is 1. The largest absolute Gasteiger partial charge is 0.387 e. The van der Waals surface area contributed by atoms with Gasteiger partial charge in [-0.1, -0.05) is 0 Å². The summed E-state index contributed by atoms with van der Waals surface area (Å²) in [5.41, 5.74) is -0.599. The van der Waals surface area contributed by atoms with Crippen LogP contribution < -0.4 is 5.32 Å². The number of ether oxygens (including phenoxy) is 2. The molecule has 1 aliphatic rings. The van der Waals surface area contributed by atoms with E-state index >= 15 is 0 Å². The lowest BCUT2D eigenvalue weighted by molar-refractivity contribution is -0.0661. The first-order valence-electron chi connectivity index (χ1n) is 5.27. The third kappa shape index (κ3) is 4.37. The van der Waals surface area contributed by atoms with Gasteiger partial charge in [-0.25, -0.2) is 0 Å². The van der Waals surface area contributed by atoms with Gasteiger partial charge in [-0.2, -0.15) is 0 Å². The van der Waals surface area contributed by atoms with Crippen LogP contribution >= 0.6 is 0 Å². The van der Waals surface area contributed by atoms with Gasteiger partial charge in [0, 0.05) is 20.3 Å². The van der Waals surface area contributed by atoms with Crippen molar-refractivity contribution in [3.63, 3.8) is 0 Å². The Morgan fingerprint density at radius 3 is 2.64 bits per heavy atom. The molecular weight excluding hydrogens is 182 g/mol. The van der Waals surface area contributed by atoms with Gasteiger partial charge < -0.3 is 19.9 Å². The van der Waals surface area contributed by atoms with Crippen molar-refractivity contribution < 1.29 is 14.6 Å². The van der Waals surface area contributed by atoms with Crippen molar-refractivity contribution in [2.45, 2.75) is 24.9 Å². The first-order valence-corrected chi connectivity index (χ1v) is 5.27. The smallest absolute Gasteiger partial charge is 0.0904 e. The Morgan fingerprint density at radius 1 is 1.29 bits per heavy atom. The summed E-state index contributed by atoms with van der Waals surface area (Å²) in [7, 11) is 1.68. The standard InChI is InChI=1S/C10H21NO3/c1-13-7-2-8-14-9-10(12)3-5-11-6-4-10/h11-12H,2-9H2,1H3. The van der Waals surface area contributed by atoms with Gasteiger partial charge in [-0.3, -0.25) is 0 Å². The molecule has 1 heterocycles. The van der Waals surface area contributed by atoms with E-state index in [1.807, 2.05) is 0 Å². The Labute approximate surface area is 85.6 Å². The molecule has 0 atom stereocenters. The molecular formula is C10H21NO3. The van der Waals surface area contributed by atoms with Crippen molar-refractivity contribution >= 4 is 0 Å². The first kappa shape index (κ1) is 11.9. The molecule has 14 heavy (non-hydrogen) atoms. The quantitative estimate of drug-likeness (QED) is 0.604. The number of aliphatic hydroxyl groups is 1. The molecule has 0 bridgehead atoms. The van der Waals surface area contributed by atoms with Crippen LogP contribution in [-0.2, 0) is 9.47 Å². The van der Waals surface area contributed by atoms with Gasteiger partial charge in [-0.15, -0.1) is 0 Å². The van der Waals surface area contributed by atoms with Gasteiger partial charge >= 0.3 is 0 Å². The van der Waals surface area contributed by atoms with Gasteiger partial charge in [0.2, 0.25) is 0 Å². The van der Waals surface area contributed by atoms with Crippen LogP contribution in [0.3, 0.4) is 0 Å². The average molecular weight is 203 g/mol. The highest BCUT2D eigenvalue weighted by molar-refractivity contribution is 4.83. The van der Waals surface area contributed by atoms with Gasteiger partial charge in [0.05, 0.1) is 12.2 Å². The summed E-state index contributed by atoms with van der Waals surface area (Å²) in [5, 5.41) is 13.2. The second kappa shape index (κ2) is 6.35. The molecule has 1 rings (SSSR count). The molecule has 1 saturated heterocycles. The Hall–Kier alpha value is -0.160. The maximum Gasteiger partial charge on any atom is 0.0904 e. The molecule has 0 amide bonds. The molecule has 1 fully saturated rings. The van der Waals surface area contributed by atoms with E-state index in [0.29, 0.717) is 13.2 Å². The number of nitrogens with one attached hydrogen (secondary N) is 1. The molecule has 4 heteroatoms. The van der Waals surface area contributed by atoms with Gasteiger partial charge in [0.1, 0.15) is 0 Å².